The fourth-order valence-electron chi connectivity index (χ4n) is 3.16. The first-order chi connectivity index (χ1) is 12.0. The number of amides is 3. The van der Waals surface area contributed by atoms with E-state index in [1.807, 2.05) is 0 Å². The van der Waals surface area contributed by atoms with Crippen molar-refractivity contribution in [2.75, 3.05) is 17.8 Å². The molecule has 0 radical (unpaired) electrons. The molecule has 1 saturated carbocycles. The number of alkyl halides is 1. The van der Waals surface area contributed by atoms with Gasteiger partial charge in [-0.2, -0.15) is 0 Å². The van der Waals surface area contributed by atoms with Gasteiger partial charge in [0.15, 0.2) is 0 Å². The van der Waals surface area contributed by atoms with E-state index in [4.69, 9.17) is 23.2 Å². The van der Waals surface area contributed by atoms with E-state index in [0.29, 0.717) is 16.8 Å². The molecule has 0 bridgehead atoms. The fourth-order valence-corrected chi connectivity index (χ4v) is 3.54. The second kappa shape index (κ2) is 7.72. The second-order valence-corrected chi connectivity index (χ2v) is 6.92. The first kappa shape index (κ1) is 18.2. The van der Waals surface area contributed by atoms with Gasteiger partial charge < -0.3 is 0 Å². The van der Waals surface area contributed by atoms with Gasteiger partial charge in [-0.25, -0.2) is 14.7 Å². The van der Waals surface area contributed by atoms with Crippen molar-refractivity contribution in [1.29, 1.82) is 0 Å². The smallest absolute Gasteiger partial charge is 0.292 e. The van der Waals surface area contributed by atoms with Crippen LogP contribution in [0, 0.1) is 0 Å². The molecule has 1 aliphatic heterocycles. The van der Waals surface area contributed by atoms with Crippen molar-refractivity contribution < 1.29 is 9.59 Å². The van der Waals surface area contributed by atoms with E-state index in [1.165, 1.54) is 24.8 Å². The molecule has 1 aromatic rings. The molecule has 1 saturated heterocycles. The summed E-state index contributed by atoms with van der Waals surface area (Å²) in [5.41, 5.74) is 0.430. The van der Waals surface area contributed by atoms with Crippen LogP contribution in [0.25, 0.3) is 0 Å². The lowest BCUT2D eigenvalue weighted by atomic mass is 10.2. The number of rotatable bonds is 5. The molecule has 1 unspecified atom stereocenters. The zero-order chi connectivity index (χ0) is 18.0. The van der Waals surface area contributed by atoms with Gasteiger partial charge in [0.25, 0.3) is 5.91 Å². The van der Waals surface area contributed by atoms with Crippen molar-refractivity contribution in [2.24, 2.45) is 4.99 Å². The minimum atomic E-state index is -0.481. The van der Waals surface area contributed by atoms with E-state index < -0.39 is 18.1 Å². The van der Waals surface area contributed by atoms with Crippen LogP contribution in [0.5, 0.6) is 0 Å². The summed E-state index contributed by atoms with van der Waals surface area (Å²) >= 11 is 12.3. The summed E-state index contributed by atoms with van der Waals surface area (Å²) in [5, 5.41) is 3.74. The zero-order valence-electron chi connectivity index (χ0n) is 13.9. The Labute approximate surface area is 156 Å². The van der Waals surface area contributed by atoms with E-state index >= 15 is 0 Å². The van der Waals surface area contributed by atoms with Crippen molar-refractivity contribution in [3.8, 4) is 0 Å². The molecule has 1 aliphatic carbocycles. The van der Waals surface area contributed by atoms with Gasteiger partial charge in [0.2, 0.25) is 5.84 Å². The van der Waals surface area contributed by atoms with Crippen LogP contribution in [0.3, 0.4) is 0 Å². The molecule has 2 fully saturated rings. The van der Waals surface area contributed by atoms with E-state index in [-0.39, 0.29) is 11.7 Å². The second-order valence-electron chi connectivity index (χ2n) is 6.20. The molecule has 3 amide bonds. The number of hydrogen-bond donors (Lipinski definition) is 1. The topological polar surface area (TPSA) is 65.0 Å². The number of nitrogens with zero attached hydrogens (tertiary/aromatic N) is 3. The molecule has 1 aromatic carbocycles. The summed E-state index contributed by atoms with van der Waals surface area (Å²) < 4.78 is 0. The van der Waals surface area contributed by atoms with E-state index in [2.05, 4.69) is 10.3 Å². The van der Waals surface area contributed by atoms with Crippen LogP contribution in [0.2, 0.25) is 5.02 Å². The van der Waals surface area contributed by atoms with E-state index in [1.54, 1.807) is 24.3 Å². The van der Waals surface area contributed by atoms with Crippen LogP contribution in [0.15, 0.2) is 29.3 Å². The maximum atomic E-state index is 12.5. The largest absolute Gasteiger partial charge is 0.337 e. The standard InChI is InChI=1S/C17H20Cl2N4O2/c1-22-16(24)15(21-14(10-18)20-11-6-2-3-7-11)23(17(22)25)13-9-5-4-8-12(13)19/h4-5,8-9,11,14,20H,2-3,6-7,10H2,1H3/b21-15+. The van der Waals surface area contributed by atoms with E-state index in [9.17, 15) is 9.59 Å². The minimum Gasteiger partial charge on any atom is -0.292 e. The summed E-state index contributed by atoms with van der Waals surface area (Å²) in [6.07, 6.45) is 4.05. The molecule has 1 atom stereocenters. The van der Waals surface area contributed by atoms with Gasteiger partial charge in [-0.1, -0.05) is 36.6 Å². The van der Waals surface area contributed by atoms with Gasteiger partial charge >= 0.3 is 6.03 Å². The molecule has 0 spiro atoms. The van der Waals surface area contributed by atoms with Gasteiger partial charge in [-0.15, -0.1) is 11.6 Å². The van der Waals surface area contributed by atoms with Crippen molar-refractivity contribution in [2.45, 2.75) is 37.9 Å². The number of carbonyl (C=O) groups is 2. The highest BCUT2D eigenvalue weighted by Gasteiger charge is 2.42. The number of likely N-dealkylation sites (N-methyl/N-ethyl adjacent to an activating group) is 1. The summed E-state index contributed by atoms with van der Waals surface area (Å²) in [4.78, 5) is 31.8. The SMILES string of the molecule is CN1C(=O)/C(=N\C(CCl)NC2CCCC2)N(c2ccccc2Cl)C1=O. The van der Waals surface area contributed by atoms with E-state index in [0.717, 1.165) is 17.7 Å². The quantitative estimate of drug-likeness (QED) is 0.627. The third-order valence-corrected chi connectivity index (χ3v) is 5.10. The third-order valence-electron chi connectivity index (χ3n) is 4.49. The molecule has 2 aliphatic rings. The first-order valence-electron chi connectivity index (χ1n) is 8.29. The average Bonchev–Trinajstić information content (AvgIpc) is 3.19. The van der Waals surface area contributed by atoms with Crippen LogP contribution in [-0.2, 0) is 4.79 Å². The van der Waals surface area contributed by atoms with Gasteiger partial charge in [0, 0.05) is 13.1 Å². The normalized spacial score (nSPS) is 21.6. The highest BCUT2D eigenvalue weighted by Crippen LogP contribution is 2.29. The molecular formula is C17H20Cl2N4O2. The summed E-state index contributed by atoms with van der Waals surface area (Å²) in [5.74, 6) is -0.216. The fraction of sp³-hybridized carbons (Fsp3) is 0.471. The molecule has 6 nitrogen and oxygen atoms in total. The monoisotopic (exact) mass is 382 g/mol. The molecule has 3 rings (SSSR count). The predicted octanol–water partition coefficient (Wildman–Crippen LogP) is 3.23. The number of para-hydroxylation sites is 1. The molecule has 0 aromatic heterocycles. The number of amidine groups is 1. The lowest BCUT2D eigenvalue weighted by Crippen LogP contribution is -2.40. The van der Waals surface area contributed by atoms with Crippen LogP contribution >= 0.6 is 23.2 Å². The number of anilines is 1. The Morgan fingerprint density at radius 3 is 2.60 bits per heavy atom. The zero-order valence-corrected chi connectivity index (χ0v) is 15.4. The first-order valence-corrected chi connectivity index (χ1v) is 9.20. The Morgan fingerprint density at radius 2 is 1.96 bits per heavy atom. The number of benzene rings is 1. The lowest BCUT2D eigenvalue weighted by molar-refractivity contribution is -0.119. The Kier molecular flexibility index (Phi) is 5.61. The summed E-state index contributed by atoms with van der Waals surface area (Å²) in [6, 6.07) is 6.73. The van der Waals surface area contributed by atoms with Gasteiger partial charge in [-0.05, 0) is 25.0 Å². The molecule has 25 heavy (non-hydrogen) atoms. The Bertz CT molecular complexity index is 704. The molecule has 134 valence electrons. The van der Waals surface area contributed by atoms with Gasteiger partial charge in [0.1, 0.15) is 6.17 Å². The summed E-state index contributed by atoms with van der Waals surface area (Å²) in [7, 11) is 1.43. The molecule has 8 heteroatoms. The van der Waals surface area contributed by atoms with Crippen molar-refractivity contribution in [1.82, 2.24) is 10.2 Å². The van der Waals surface area contributed by atoms with Crippen molar-refractivity contribution in [3.05, 3.63) is 29.3 Å². The predicted molar refractivity (Wildman–Crippen MR) is 99.4 cm³/mol. The Balaban J connectivity index is 1.93. The number of nitrogens with one attached hydrogen (secondary N) is 1. The van der Waals surface area contributed by atoms with Crippen LogP contribution in [0.4, 0.5) is 10.5 Å². The lowest BCUT2D eigenvalue weighted by Gasteiger charge is -2.20. The number of hydrogen-bond acceptors (Lipinski definition) is 4. The van der Waals surface area contributed by atoms with Crippen LogP contribution < -0.4 is 10.2 Å². The maximum absolute atomic E-state index is 12.5. The third kappa shape index (κ3) is 3.66. The molecular weight excluding hydrogens is 363 g/mol. The number of imide groups is 1. The average molecular weight is 383 g/mol. The molecule has 1 N–H and O–H groups in total. The Morgan fingerprint density at radius 1 is 1.28 bits per heavy atom. The van der Waals surface area contributed by atoms with Crippen molar-refractivity contribution >= 4 is 46.7 Å². The molecule has 1 heterocycles. The number of urea groups is 1. The number of halogens is 2. The van der Waals surface area contributed by atoms with Crippen LogP contribution in [0.1, 0.15) is 25.7 Å². The number of aliphatic imine (C=N–C) groups is 1. The maximum Gasteiger partial charge on any atom is 0.337 e. The van der Waals surface area contributed by atoms with Gasteiger partial charge in [0.05, 0.1) is 16.6 Å². The van der Waals surface area contributed by atoms with Crippen LogP contribution in [-0.4, -0.2) is 47.8 Å². The number of carbonyl (C=O) groups excluding carboxylic acids is 2. The minimum absolute atomic E-state index is 0.0387. The highest BCUT2D eigenvalue weighted by molar-refractivity contribution is 6.55. The Hall–Kier alpha value is -1.63. The van der Waals surface area contributed by atoms with Gasteiger partial charge in [-0.3, -0.25) is 15.0 Å². The summed E-state index contributed by atoms with van der Waals surface area (Å²) in [6.45, 7) is 0. The highest BCUT2D eigenvalue weighted by atomic mass is 35.5. The van der Waals surface area contributed by atoms with Crippen molar-refractivity contribution in [3.63, 3.8) is 0 Å².